The molecule has 2 rings (SSSR count). The van der Waals surface area contributed by atoms with Gasteiger partial charge in [-0.2, -0.15) is 0 Å². The predicted octanol–water partition coefficient (Wildman–Crippen LogP) is 4.07. The molecule has 1 nitrogen and oxygen atoms in total. The van der Waals surface area contributed by atoms with Crippen LogP contribution in [0.1, 0.15) is 18.1 Å². The molecular weight excluding hydrogens is 270 g/mol. The second-order valence-electron chi connectivity index (χ2n) is 4.69. The minimum atomic E-state index is -1.24. The first-order valence-corrected chi connectivity index (χ1v) is 6.19. The highest BCUT2D eigenvalue weighted by molar-refractivity contribution is 6.31. The zero-order valence-corrected chi connectivity index (χ0v) is 11.1. The fraction of sp³-hybridized carbons (Fsp3) is 0.200. The first-order chi connectivity index (χ1) is 8.88. The van der Waals surface area contributed by atoms with Crippen LogP contribution in [0.25, 0.3) is 0 Å². The summed E-state index contributed by atoms with van der Waals surface area (Å²) in [5.41, 5.74) is -0.185. The maximum absolute atomic E-state index is 13.2. The molecule has 19 heavy (non-hydrogen) atoms. The van der Waals surface area contributed by atoms with Crippen LogP contribution in [-0.2, 0) is 12.0 Å². The molecule has 0 amide bonds. The molecule has 0 aromatic heterocycles. The Morgan fingerprint density at radius 1 is 1.05 bits per heavy atom. The van der Waals surface area contributed by atoms with Crippen LogP contribution >= 0.6 is 11.6 Å². The van der Waals surface area contributed by atoms with E-state index >= 15 is 0 Å². The van der Waals surface area contributed by atoms with Gasteiger partial charge in [-0.3, -0.25) is 0 Å². The molecule has 2 aromatic rings. The van der Waals surface area contributed by atoms with Gasteiger partial charge in [0, 0.05) is 11.4 Å². The molecule has 1 atom stereocenters. The Bertz CT molecular complexity index is 579. The summed E-state index contributed by atoms with van der Waals surface area (Å²) in [6.07, 6.45) is 0.148. The Labute approximate surface area is 115 Å². The first kappa shape index (κ1) is 14.0. The van der Waals surface area contributed by atoms with Crippen molar-refractivity contribution in [3.63, 3.8) is 0 Å². The van der Waals surface area contributed by atoms with E-state index in [1.54, 1.807) is 6.92 Å². The summed E-state index contributed by atoms with van der Waals surface area (Å²) in [5.74, 6) is -0.780. The minimum Gasteiger partial charge on any atom is -0.385 e. The highest BCUT2D eigenvalue weighted by Crippen LogP contribution is 2.29. The summed E-state index contributed by atoms with van der Waals surface area (Å²) < 4.78 is 26.1. The number of hydrogen-bond donors (Lipinski definition) is 1. The molecule has 0 aliphatic rings. The van der Waals surface area contributed by atoms with Crippen LogP contribution in [0.4, 0.5) is 8.78 Å². The van der Waals surface area contributed by atoms with Crippen molar-refractivity contribution in [1.29, 1.82) is 0 Å². The third-order valence-corrected chi connectivity index (χ3v) is 3.38. The minimum absolute atomic E-state index is 0.148. The van der Waals surface area contributed by atoms with E-state index in [1.807, 2.05) is 0 Å². The Balaban J connectivity index is 2.30. The summed E-state index contributed by atoms with van der Waals surface area (Å²) in [6, 6.07) is 9.56. The number of benzene rings is 2. The fourth-order valence-electron chi connectivity index (χ4n) is 1.96. The largest absolute Gasteiger partial charge is 0.385 e. The Kier molecular flexibility index (Phi) is 3.88. The number of hydrogen-bond acceptors (Lipinski definition) is 1. The first-order valence-electron chi connectivity index (χ1n) is 5.81. The standard InChI is InChI=1S/C15H13ClF2O/c1-15(19,11-2-4-12(17)5-3-11)9-10-8-13(18)6-7-14(10)16/h2-8,19H,9H2,1H3. The molecule has 0 fully saturated rings. The van der Waals surface area contributed by atoms with Gasteiger partial charge in [-0.1, -0.05) is 23.7 Å². The van der Waals surface area contributed by atoms with Crippen LogP contribution in [0.5, 0.6) is 0 Å². The van der Waals surface area contributed by atoms with E-state index in [0.717, 1.165) is 0 Å². The van der Waals surface area contributed by atoms with E-state index in [2.05, 4.69) is 0 Å². The lowest BCUT2D eigenvalue weighted by Crippen LogP contribution is -2.24. The lowest BCUT2D eigenvalue weighted by atomic mass is 9.89. The molecule has 0 aliphatic carbocycles. The second kappa shape index (κ2) is 5.27. The molecule has 0 radical (unpaired) electrons. The third-order valence-electron chi connectivity index (χ3n) is 3.01. The molecule has 1 unspecified atom stereocenters. The SMILES string of the molecule is CC(O)(Cc1cc(F)ccc1Cl)c1ccc(F)cc1. The zero-order valence-electron chi connectivity index (χ0n) is 10.3. The van der Waals surface area contributed by atoms with Crippen LogP contribution in [0, 0.1) is 11.6 Å². The molecule has 4 heteroatoms. The summed E-state index contributed by atoms with van der Waals surface area (Å²) in [7, 11) is 0. The smallest absolute Gasteiger partial charge is 0.123 e. The lowest BCUT2D eigenvalue weighted by Gasteiger charge is -2.24. The van der Waals surface area contributed by atoms with Crippen molar-refractivity contribution in [3.8, 4) is 0 Å². The van der Waals surface area contributed by atoms with E-state index in [0.29, 0.717) is 16.1 Å². The Morgan fingerprint density at radius 3 is 2.26 bits per heavy atom. The quantitative estimate of drug-likeness (QED) is 0.900. The summed E-state index contributed by atoms with van der Waals surface area (Å²) in [5, 5.41) is 10.8. The molecular formula is C15H13ClF2O. The molecule has 1 N–H and O–H groups in total. The molecule has 100 valence electrons. The number of rotatable bonds is 3. The summed E-state index contributed by atoms with van der Waals surface area (Å²) in [6.45, 7) is 1.58. The van der Waals surface area contributed by atoms with Gasteiger partial charge in [0.25, 0.3) is 0 Å². The van der Waals surface area contributed by atoms with E-state index in [9.17, 15) is 13.9 Å². The zero-order chi connectivity index (χ0) is 14.0. The molecule has 0 saturated heterocycles. The van der Waals surface area contributed by atoms with E-state index in [-0.39, 0.29) is 12.2 Å². The average molecular weight is 283 g/mol. The molecule has 0 saturated carbocycles. The van der Waals surface area contributed by atoms with Crippen LogP contribution in [0.15, 0.2) is 42.5 Å². The van der Waals surface area contributed by atoms with Gasteiger partial charge in [0.1, 0.15) is 11.6 Å². The Hall–Kier alpha value is -1.45. The van der Waals surface area contributed by atoms with Crippen LogP contribution in [0.3, 0.4) is 0 Å². The van der Waals surface area contributed by atoms with Gasteiger partial charge in [0.15, 0.2) is 0 Å². The summed E-state index contributed by atoms with van der Waals surface area (Å²) >= 11 is 5.98. The second-order valence-corrected chi connectivity index (χ2v) is 5.10. The van der Waals surface area contributed by atoms with Crippen molar-refractivity contribution in [3.05, 3.63) is 70.2 Å². The van der Waals surface area contributed by atoms with E-state index in [4.69, 9.17) is 11.6 Å². The highest BCUT2D eigenvalue weighted by Gasteiger charge is 2.24. The van der Waals surface area contributed by atoms with Crippen molar-refractivity contribution in [1.82, 2.24) is 0 Å². The molecule has 0 aliphatic heterocycles. The molecule has 0 bridgehead atoms. The van der Waals surface area contributed by atoms with Gasteiger partial charge in [-0.25, -0.2) is 8.78 Å². The van der Waals surface area contributed by atoms with Gasteiger partial charge < -0.3 is 5.11 Å². The topological polar surface area (TPSA) is 20.2 Å². The Morgan fingerprint density at radius 2 is 1.63 bits per heavy atom. The highest BCUT2D eigenvalue weighted by atomic mass is 35.5. The fourth-order valence-corrected chi connectivity index (χ4v) is 2.14. The van der Waals surface area contributed by atoms with E-state index in [1.165, 1.54) is 42.5 Å². The van der Waals surface area contributed by atoms with Gasteiger partial charge in [0.2, 0.25) is 0 Å². The number of aliphatic hydroxyl groups is 1. The van der Waals surface area contributed by atoms with Crippen molar-refractivity contribution in [2.24, 2.45) is 0 Å². The molecule has 0 spiro atoms. The number of halogens is 3. The molecule has 2 aromatic carbocycles. The maximum atomic E-state index is 13.2. The molecule has 0 heterocycles. The van der Waals surface area contributed by atoms with Crippen molar-refractivity contribution in [2.45, 2.75) is 18.9 Å². The normalized spacial score (nSPS) is 14.2. The summed E-state index contributed by atoms with van der Waals surface area (Å²) in [4.78, 5) is 0. The third kappa shape index (κ3) is 3.31. The van der Waals surface area contributed by atoms with Gasteiger partial charge >= 0.3 is 0 Å². The van der Waals surface area contributed by atoms with Crippen molar-refractivity contribution < 1.29 is 13.9 Å². The van der Waals surface area contributed by atoms with Crippen LogP contribution in [-0.4, -0.2) is 5.11 Å². The van der Waals surface area contributed by atoms with Gasteiger partial charge in [-0.05, 0) is 48.4 Å². The van der Waals surface area contributed by atoms with Crippen molar-refractivity contribution in [2.75, 3.05) is 0 Å². The monoisotopic (exact) mass is 282 g/mol. The predicted molar refractivity (Wildman–Crippen MR) is 71.1 cm³/mol. The van der Waals surface area contributed by atoms with Crippen molar-refractivity contribution >= 4 is 11.6 Å². The van der Waals surface area contributed by atoms with E-state index < -0.39 is 11.4 Å². The van der Waals surface area contributed by atoms with Crippen LogP contribution in [0.2, 0.25) is 5.02 Å². The van der Waals surface area contributed by atoms with Gasteiger partial charge in [-0.15, -0.1) is 0 Å². The maximum Gasteiger partial charge on any atom is 0.123 e. The van der Waals surface area contributed by atoms with Gasteiger partial charge in [0.05, 0.1) is 5.60 Å². The average Bonchev–Trinajstić information content (AvgIpc) is 2.34. The van der Waals surface area contributed by atoms with Crippen LogP contribution < -0.4 is 0 Å². The lowest BCUT2D eigenvalue weighted by molar-refractivity contribution is 0.0575.